The SMILES string of the molecule is Cc1c(O)ccc2c1C[C@H](C(C)C)CC2=O. The van der Waals surface area contributed by atoms with Crippen molar-refractivity contribution in [1.29, 1.82) is 0 Å². The molecule has 0 spiro atoms. The van der Waals surface area contributed by atoms with E-state index in [0.29, 0.717) is 24.0 Å². The number of carbonyl (C=O) groups excluding carboxylic acids is 1. The molecule has 2 heteroatoms. The first-order chi connectivity index (χ1) is 7.50. The van der Waals surface area contributed by atoms with Crippen molar-refractivity contribution in [2.45, 2.75) is 33.6 Å². The maximum atomic E-state index is 12.0. The number of phenolic OH excluding ortho intramolecular Hbond substituents is 1. The van der Waals surface area contributed by atoms with E-state index >= 15 is 0 Å². The Bertz CT molecular complexity index is 433. The molecular formula is C14H18O2. The van der Waals surface area contributed by atoms with Gasteiger partial charge in [0.1, 0.15) is 5.75 Å². The van der Waals surface area contributed by atoms with Crippen LogP contribution >= 0.6 is 0 Å². The summed E-state index contributed by atoms with van der Waals surface area (Å²) < 4.78 is 0. The topological polar surface area (TPSA) is 37.3 Å². The number of fused-ring (bicyclic) bond motifs is 1. The lowest BCUT2D eigenvalue weighted by molar-refractivity contribution is 0.0933. The molecule has 1 aromatic rings. The highest BCUT2D eigenvalue weighted by Gasteiger charge is 2.28. The van der Waals surface area contributed by atoms with E-state index in [1.165, 1.54) is 0 Å². The van der Waals surface area contributed by atoms with Crippen LogP contribution in [0.5, 0.6) is 5.75 Å². The van der Waals surface area contributed by atoms with Gasteiger partial charge < -0.3 is 5.11 Å². The number of rotatable bonds is 1. The van der Waals surface area contributed by atoms with Crippen LogP contribution in [0.25, 0.3) is 0 Å². The molecule has 86 valence electrons. The minimum Gasteiger partial charge on any atom is -0.508 e. The second-order valence-corrected chi connectivity index (χ2v) is 5.07. The van der Waals surface area contributed by atoms with Gasteiger partial charge in [-0.05, 0) is 48.4 Å². The van der Waals surface area contributed by atoms with E-state index in [4.69, 9.17) is 0 Å². The summed E-state index contributed by atoms with van der Waals surface area (Å²) in [6.07, 6.45) is 1.56. The zero-order valence-corrected chi connectivity index (χ0v) is 10.1. The maximum Gasteiger partial charge on any atom is 0.163 e. The number of carbonyl (C=O) groups is 1. The third kappa shape index (κ3) is 1.73. The summed E-state index contributed by atoms with van der Waals surface area (Å²) in [5, 5.41) is 9.68. The van der Waals surface area contributed by atoms with Crippen molar-refractivity contribution in [3.05, 3.63) is 28.8 Å². The Morgan fingerprint density at radius 1 is 1.31 bits per heavy atom. The van der Waals surface area contributed by atoms with Gasteiger partial charge in [-0.2, -0.15) is 0 Å². The molecule has 1 atom stereocenters. The van der Waals surface area contributed by atoms with Gasteiger partial charge in [-0.1, -0.05) is 13.8 Å². The zero-order chi connectivity index (χ0) is 11.9. The Hall–Kier alpha value is -1.31. The van der Waals surface area contributed by atoms with Crippen molar-refractivity contribution < 1.29 is 9.90 Å². The number of aromatic hydroxyl groups is 1. The molecule has 1 aliphatic rings. The number of phenols is 1. The van der Waals surface area contributed by atoms with Gasteiger partial charge in [0.15, 0.2) is 5.78 Å². The van der Waals surface area contributed by atoms with Crippen molar-refractivity contribution in [1.82, 2.24) is 0 Å². The van der Waals surface area contributed by atoms with Crippen molar-refractivity contribution in [3.63, 3.8) is 0 Å². The van der Waals surface area contributed by atoms with Crippen molar-refractivity contribution in [2.75, 3.05) is 0 Å². The molecule has 1 N–H and O–H groups in total. The zero-order valence-electron chi connectivity index (χ0n) is 10.1. The van der Waals surface area contributed by atoms with Crippen molar-refractivity contribution >= 4 is 5.78 Å². The Morgan fingerprint density at radius 3 is 2.62 bits per heavy atom. The van der Waals surface area contributed by atoms with E-state index in [9.17, 15) is 9.90 Å². The number of Topliss-reactive ketones (excluding diaryl/α,β-unsaturated/α-hetero) is 1. The molecule has 0 saturated carbocycles. The van der Waals surface area contributed by atoms with E-state index in [1.54, 1.807) is 12.1 Å². The van der Waals surface area contributed by atoms with E-state index < -0.39 is 0 Å². The molecule has 0 radical (unpaired) electrons. The molecule has 0 fully saturated rings. The van der Waals surface area contributed by atoms with Crippen LogP contribution in [0.2, 0.25) is 0 Å². The third-order valence-corrected chi connectivity index (χ3v) is 3.73. The summed E-state index contributed by atoms with van der Waals surface area (Å²) >= 11 is 0. The van der Waals surface area contributed by atoms with E-state index in [-0.39, 0.29) is 5.78 Å². The van der Waals surface area contributed by atoms with E-state index in [0.717, 1.165) is 23.1 Å². The highest BCUT2D eigenvalue weighted by molar-refractivity contribution is 5.99. The van der Waals surface area contributed by atoms with Crippen LogP contribution in [0.15, 0.2) is 12.1 Å². The van der Waals surface area contributed by atoms with Gasteiger partial charge in [-0.3, -0.25) is 4.79 Å². The minimum atomic E-state index is 0.225. The molecule has 0 saturated heterocycles. The summed E-state index contributed by atoms with van der Waals surface area (Å²) in [5.41, 5.74) is 2.73. The number of benzene rings is 1. The summed E-state index contributed by atoms with van der Waals surface area (Å²) in [4.78, 5) is 12.0. The normalized spacial score (nSPS) is 20.0. The first-order valence-electron chi connectivity index (χ1n) is 5.85. The number of ketones is 1. The fourth-order valence-corrected chi connectivity index (χ4v) is 2.42. The predicted octanol–water partition coefficient (Wildman–Crippen LogP) is 3.10. The largest absolute Gasteiger partial charge is 0.508 e. The first-order valence-corrected chi connectivity index (χ1v) is 5.85. The lowest BCUT2D eigenvalue weighted by atomic mass is 9.76. The van der Waals surface area contributed by atoms with Gasteiger partial charge in [-0.25, -0.2) is 0 Å². The highest BCUT2D eigenvalue weighted by Crippen LogP contribution is 2.34. The van der Waals surface area contributed by atoms with Gasteiger partial charge in [0.2, 0.25) is 0 Å². The Labute approximate surface area is 96.3 Å². The van der Waals surface area contributed by atoms with Crippen LogP contribution in [0.4, 0.5) is 0 Å². The molecule has 1 aromatic carbocycles. The summed E-state index contributed by atoms with van der Waals surface area (Å²) in [6.45, 7) is 6.20. The third-order valence-electron chi connectivity index (χ3n) is 3.73. The van der Waals surface area contributed by atoms with Gasteiger partial charge in [0, 0.05) is 12.0 Å². The molecule has 2 nitrogen and oxygen atoms in total. The van der Waals surface area contributed by atoms with Crippen LogP contribution < -0.4 is 0 Å². The summed E-state index contributed by atoms with van der Waals surface area (Å²) in [5.74, 6) is 1.46. The maximum absolute atomic E-state index is 12.0. The fourth-order valence-electron chi connectivity index (χ4n) is 2.42. The summed E-state index contributed by atoms with van der Waals surface area (Å²) in [6, 6.07) is 3.39. The smallest absolute Gasteiger partial charge is 0.163 e. The molecule has 0 aliphatic heterocycles. The Kier molecular flexibility index (Phi) is 2.75. The fraction of sp³-hybridized carbons (Fsp3) is 0.500. The van der Waals surface area contributed by atoms with E-state index in [1.807, 2.05) is 6.92 Å². The number of hydrogen-bond acceptors (Lipinski definition) is 2. The standard InChI is InChI=1S/C14H18O2/c1-8(2)10-6-12-9(3)13(15)5-4-11(12)14(16)7-10/h4-5,8,10,15H,6-7H2,1-3H3/t10-/m0/s1. The monoisotopic (exact) mass is 218 g/mol. The molecular weight excluding hydrogens is 200 g/mol. The van der Waals surface area contributed by atoms with Gasteiger partial charge in [0.05, 0.1) is 0 Å². The molecule has 0 heterocycles. The van der Waals surface area contributed by atoms with Crippen molar-refractivity contribution in [2.24, 2.45) is 11.8 Å². The van der Waals surface area contributed by atoms with Crippen LogP contribution in [-0.4, -0.2) is 10.9 Å². The lowest BCUT2D eigenvalue weighted by Gasteiger charge is -2.27. The average molecular weight is 218 g/mol. The molecule has 0 unspecified atom stereocenters. The summed E-state index contributed by atoms with van der Waals surface area (Å²) in [7, 11) is 0. The molecule has 0 amide bonds. The second kappa shape index (κ2) is 3.93. The average Bonchev–Trinajstić information content (AvgIpc) is 2.23. The number of hydrogen-bond donors (Lipinski definition) is 1. The highest BCUT2D eigenvalue weighted by atomic mass is 16.3. The van der Waals surface area contributed by atoms with Crippen LogP contribution in [0, 0.1) is 18.8 Å². The Balaban J connectivity index is 2.47. The predicted molar refractivity (Wildman–Crippen MR) is 63.8 cm³/mol. The van der Waals surface area contributed by atoms with Crippen LogP contribution in [-0.2, 0) is 6.42 Å². The first kappa shape index (κ1) is 11.2. The van der Waals surface area contributed by atoms with Gasteiger partial charge >= 0.3 is 0 Å². The quantitative estimate of drug-likeness (QED) is 0.786. The molecule has 16 heavy (non-hydrogen) atoms. The minimum absolute atomic E-state index is 0.225. The van der Waals surface area contributed by atoms with Crippen LogP contribution in [0.3, 0.4) is 0 Å². The van der Waals surface area contributed by atoms with Crippen LogP contribution in [0.1, 0.15) is 41.8 Å². The Morgan fingerprint density at radius 2 is 2.00 bits per heavy atom. The molecule has 2 rings (SSSR count). The van der Waals surface area contributed by atoms with Gasteiger partial charge in [-0.15, -0.1) is 0 Å². The second-order valence-electron chi connectivity index (χ2n) is 5.07. The molecule has 0 bridgehead atoms. The van der Waals surface area contributed by atoms with Crippen molar-refractivity contribution in [3.8, 4) is 5.75 Å². The van der Waals surface area contributed by atoms with Gasteiger partial charge in [0.25, 0.3) is 0 Å². The lowest BCUT2D eigenvalue weighted by Crippen LogP contribution is -2.24. The molecule has 1 aliphatic carbocycles. The molecule has 0 aromatic heterocycles. The van der Waals surface area contributed by atoms with E-state index in [2.05, 4.69) is 13.8 Å².